The number of amides is 2. The Kier molecular flexibility index (Phi) is 5.34. The summed E-state index contributed by atoms with van der Waals surface area (Å²) in [5.41, 5.74) is 0. The lowest BCUT2D eigenvalue weighted by Crippen LogP contribution is -2.45. The minimum absolute atomic E-state index is 0.0199. The number of hydrogen-bond donors (Lipinski definition) is 0. The minimum atomic E-state index is -0.396. The molecule has 0 radical (unpaired) electrons. The Morgan fingerprint density at radius 1 is 1.46 bits per heavy atom. The molecule has 3 heterocycles. The first kappa shape index (κ1) is 16.8. The van der Waals surface area contributed by atoms with Crippen molar-refractivity contribution in [3.63, 3.8) is 0 Å². The van der Waals surface area contributed by atoms with E-state index in [0.29, 0.717) is 26.3 Å². The molecule has 0 aliphatic carbocycles. The maximum absolute atomic E-state index is 12.5. The lowest BCUT2D eigenvalue weighted by molar-refractivity contribution is -0.133. The van der Waals surface area contributed by atoms with Crippen molar-refractivity contribution in [1.29, 1.82) is 0 Å². The van der Waals surface area contributed by atoms with Crippen molar-refractivity contribution in [2.75, 3.05) is 46.5 Å². The topological polar surface area (TPSA) is 76.9 Å². The summed E-state index contributed by atoms with van der Waals surface area (Å²) in [5, 5.41) is 0. The number of hydrogen-bond acceptors (Lipinski definition) is 5. The molecule has 0 bridgehead atoms. The normalized spacial score (nSPS) is 21.2. The third-order valence-electron chi connectivity index (χ3n) is 4.59. The van der Waals surface area contributed by atoms with E-state index in [4.69, 9.17) is 9.47 Å². The Bertz CT molecular complexity index is 588. The van der Waals surface area contributed by atoms with Crippen molar-refractivity contribution < 1.29 is 19.1 Å². The molecule has 0 aromatic carbocycles. The molecule has 2 fully saturated rings. The second kappa shape index (κ2) is 7.65. The number of aromatic nitrogens is 2. The van der Waals surface area contributed by atoms with Gasteiger partial charge in [-0.15, -0.1) is 0 Å². The predicted octanol–water partition coefficient (Wildman–Crippen LogP) is 0.688. The molecule has 3 rings (SSSR count). The monoisotopic (exact) mass is 336 g/mol. The van der Waals surface area contributed by atoms with Crippen LogP contribution in [-0.2, 0) is 20.8 Å². The number of likely N-dealkylation sites (tertiary alicyclic amines) is 1. The highest BCUT2D eigenvalue weighted by Crippen LogP contribution is 2.26. The maximum Gasteiger partial charge on any atom is 0.410 e. The largest absolute Gasteiger partial charge is 0.448 e. The number of ether oxygens (including phenoxy) is 2. The van der Waals surface area contributed by atoms with E-state index in [9.17, 15) is 9.59 Å². The molecule has 2 saturated heterocycles. The van der Waals surface area contributed by atoms with Gasteiger partial charge in [0.05, 0.1) is 13.2 Å². The molecule has 0 spiro atoms. The van der Waals surface area contributed by atoms with Gasteiger partial charge >= 0.3 is 6.09 Å². The molecule has 24 heavy (non-hydrogen) atoms. The number of carbonyl (C=O) groups excluding carboxylic acids is 2. The highest BCUT2D eigenvalue weighted by atomic mass is 16.6. The molecule has 2 aliphatic heterocycles. The van der Waals surface area contributed by atoms with E-state index in [1.165, 1.54) is 4.90 Å². The average Bonchev–Trinajstić information content (AvgIpc) is 3.22. The van der Waals surface area contributed by atoms with Crippen molar-refractivity contribution in [1.82, 2.24) is 19.4 Å². The number of carbonyl (C=O) groups is 2. The Hall–Kier alpha value is -2.09. The van der Waals surface area contributed by atoms with Crippen molar-refractivity contribution >= 4 is 12.0 Å². The summed E-state index contributed by atoms with van der Waals surface area (Å²) in [5.74, 6) is 1.21. The summed E-state index contributed by atoms with van der Waals surface area (Å²) in [6, 6.07) is 0. The Morgan fingerprint density at radius 2 is 2.33 bits per heavy atom. The van der Waals surface area contributed by atoms with Crippen LogP contribution in [0.1, 0.15) is 24.6 Å². The number of nitrogens with zero attached hydrogens (tertiary/aromatic N) is 4. The van der Waals surface area contributed by atoms with Gasteiger partial charge in [-0.3, -0.25) is 9.69 Å². The zero-order valence-electron chi connectivity index (χ0n) is 14.0. The summed E-state index contributed by atoms with van der Waals surface area (Å²) in [6.45, 7) is 3.73. The zero-order valence-corrected chi connectivity index (χ0v) is 14.0. The van der Waals surface area contributed by atoms with Gasteiger partial charge in [0.1, 0.15) is 19.0 Å². The van der Waals surface area contributed by atoms with Crippen LogP contribution in [0.3, 0.4) is 0 Å². The van der Waals surface area contributed by atoms with Crippen molar-refractivity contribution in [3.8, 4) is 0 Å². The number of cyclic esters (lactones) is 1. The highest BCUT2D eigenvalue weighted by molar-refractivity contribution is 5.83. The van der Waals surface area contributed by atoms with E-state index < -0.39 is 6.09 Å². The predicted molar refractivity (Wildman–Crippen MR) is 85.6 cm³/mol. The van der Waals surface area contributed by atoms with E-state index in [-0.39, 0.29) is 18.4 Å². The number of methoxy groups -OCH3 is 1. The molecule has 0 N–H and O–H groups in total. The third-order valence-corrected chi connectivity index (χ3v) is 4.59. The van der Waals surface area contributed by atoms with Gasteiger partial charge < -0.3 is 18.9 Å². The van der Waals surface area contributed by atoms with Gasteiger partial charge in [0, 0.05) is 45.1 Å². The molecule has 8 heteroatoms. The van der Waals surface area contributed by atoms with E-state index in [0.717, 1.165) is 31.8 Å². The Morgan fingerprint density at radius 3 is 3.08 bits per heavy atom. The quantitative estimate of drug-likeness (QED) is 0.764. The molecular weight excluding hydrogens is 312 g/mol. The van der Waals surface area contributed by atoms with Crippen LogP contribution < -0.4 is 0 Å². The molecule has 0 unspecified atom stereocenters. The number of imidazole rings is 1. The molecule has 1 aromatic rings. The lowest BCUT2D eigenvalue weighted by atomic mass is 9.97. The van der Waals surface area contributed by atoms with E-state index in [2.05, 4.69) is 9.55 Å². The first-order valence-corrected chi connectivity index (χ1v) is 8.38. The maximum atomic E-state index is 12.5. The van der Waals surface area contributed by atoms with Gasteiger partial charge in [0.25, 0.3) is 0 Å². The average molecular weight is 336 g/mol. The van der Waals surface area contributed by atoms with Crippen LogP contribution in [0.4, 0.5) is 4.79 Å². The van der Waals surface area contributed by atoms with Crippen LogP contribution in [0.25, 0.3) is 0 Å². The van der Waals surface area contributed by atoms with E-state index >= 15 is 0 Å². The zero-order chi connectivity index (χ0) is 16.9. The van der Waals surface area contributed by atoms with Crippen molar-refractivity contribution in [2.45, 2.75) is 25.3 Å². The SMILES string of the molecule is COCCn1ccnc1[C@H]1CCCN(C(=O)CN2CCOC2=O)C1. The van der Waals surface area contributed by atoms with Gasteiger partial charge in [0.2, 0.25) is 5.91 Å². The van der Waals surface area contributed by atoms with E-state index in [1.54, 1.807) is 13.3 Å². The fraction of sp³-hybridized carbons (Fsp3) is 0.688. The Balaban J connectivity index is 1.60. The van der Waals surface area contributed by atoms with Gasteiger partial charge in [-0.1, -0.05) is 0 Å². The van der Waals surface area contributed by atoms with Gasteiger partial charge in [0.15, 0.2) is 0 Å². The highest BCUT2D eigenvalue weighted by Gasteiger charge is 2.30. The molecule has 8 nitrogen and oxygen atoms in total. The lowest BCUT2D eigenvalue weighted by Gasteiger charge is -2.33. The first-order valence-electron chi connectivity index (χ1n) is 8.38. The van der Waals surface area contributed by atoms with Crippen molar-refractivity contribution in [2.24, 2.45) is 0 Å². The van der Waals surface area contributed by atoms with Gasteiger partial charge in [-0.05, 0) is 12.8 Å². The third kappa shape index (κ3) is 3.69. The first-order chi connectivity index (χ1) is 11.7. The summed E-state index contributed by atoms with van der Waals surface area (Å²) in [7, 11) is 1.68. The van der Waals surface area contributed by atoms with Crippen LogP contribution in [0.2, 0.25) is 0 Å². The van der Waals surface area contributed by atoms with E-state index in [1.807, 2.05) is 11.1 Å². The molecule has 132 valence electrons. The van der Waals surface area contributed by atoms with Crippen LogP contribution in [-0.4, -0.2) is 77.9 Å². The summed E-state index contributed by atoms with van der Waals surface area (Å²) in [4.78, 5) is 31.8. The summed E-state index contributed by atoms with van der Waals surface area (Å²) in [6.07, 6.45) is 5.31. The number of piperidine rings is 1. The van der Waals surface area contributed by atoms with Gasteiger partial charge in [-0.25, -0.2) is 9.78 Å². The van der Waals surface area contributed by atoms with Crippen LogP contribution >= 0.6 is 0 Å². The van der Waals surface area contributed by atoms with Crippen LogP contribution in [0.5, 0.6) is 0 Å². The standard InChI is InChI=1S/C16H24N4O4/c1-23-9-7-18-6-4-17-15(18)13-3-2-5-19(11-13)14(21)12-20-8-10-24-16(20)22/h4,6,13H,2-3,5,7-12H2,1H3/t13-/m0/s1. The summed E-state index contributed by atoms with van der Waals surface area (Å²) < 4.78 is 12.1. The second-order valence-electron chi connectivity index (χ2n) is 6.19. The van der Waals surface area contributed by atoms with Crippen LogP contribution in [0, 0.1) is 0 Å². The summed E-state index contributed by atoms with van der Waals surface area (Å²) >= 11 is 0. The number of rotatable bonds is 6. The van der Waals surface area contributed by atoms with Crippen molar-refractivity contribution in [3.05, 3.63) is 18.2 Å². The molecule has 1 atom stereocenters. The molecule has 2 amide bonds. The Labute approximate surface area is 141 Å². The smallest absolute Gasteiger partial charge is 0.410 e. The fourth-order valence-electron chi connectivity index (χ4n) is 3.31. The van der Waals surface area contributed by atoms with Crippen LogP contribution in [0.15, 0.2) is 12.4 Å². The van der Waals surface area contributed by atoms with Gasteiger partial charge in [-0.2, -0.15) is 0 Å². The molecular formula is C16H24N4O4. The second-order valence-corrected chi connectivity index (χ2v) is 6.19. The minimum Gasteiger partial charge on any atom is -0.448 e. The molecule has 0 saturated carbocycles. The molecule has 2 aliphatic rings. The molecule has 1 aromatic heterocycles. The fourth-order valence-corrected chi connectivity index (χ4v) is 3.31.